The minimum Gasteiger partial charge on any atom is -0.467 e. The van der Waals surface area contributed by atoms with E-state index in [1.807, 2.05) is 0 Å². The van der Waals surface area contributed by atoms with Crippen LogP contribution >= 0.6 is 27.7 Å². The zero-order chi connectivity index (χ0) is 20.1. The highest BCUT2D eigenvalue weighted by atomic mass is 79.9. The first-order chi connectivity index (χ1) is 13.4. The number of aromatic nitrogens is 2. The second-order valence-corrected chi connectivity index (χ2v) is 7.08. The minimum atomic E-state index is -0.651. The molecule has 3 heterocycles. The zero-order valence-electron chi connectivity index (χ0n) is 14.2. The molecule has 0 saturated carbocycles. The number of carbonyl (C=O) groups is 2. The first-order valence-electron chi connectivity index (χ1n) is 7.80. The number of rotatable bonds is 7. The van der Waals surface area contributed by atoms with Crippen LogP contribution in [0, 0.1) is 0 Å². The van der Waals surface area contributed by atoms with Crippen LogP contribution in [0.4, 0.5) is 11.5 Å². The van der Waals surface area contributed by atoms with Gasteiger partial charge in [0.15, 0.2) is 27.1 Å². The second kappa shape index (κ2) is 8.80. The fourth-order valence-electron chi connectivity index (χ4n) is 2.05. The smallest absolute Gasteiger partial charge is 0.291 e. The van der Waals surface area contributed by atoms with E-state index in [4.69, 9.17) is 14.6 Å². The van der Waals surface area contributed by atoms with Gasteiger partial charge in [0.05, 0.1) is 18.6 Å². The highest BCUT2D eigenvalue weighted by Crippen LogP contribution is 2.19. The van der Waals surface area contributed by atoms with Gasteiger partial charge in [0.2, 0.25) is 5.91 Å². The Morgan fingerprint density at radius 2 is 2.14 bits per heavy atom. The van der Waals surface area contributed by atoms with Crippen LogP contribution in [0.3, 0.4) is 0 Å². The van der Waals surface area contributed by atoms with E-state index >= 15 is 0 Å². The molecule has 3 aromatic rings. The first kappa shape index (κ1) is 19.8. The molecule has 28 heavy (non-hydrogen) atoms. The van der Waals surface area contributed by atoms with E-state index < -0.39 is 11.5 Å². The van der Waals surface area contributed by atoms with E-state index in [1.54, 1.807) is 12.1 Å². The van der Waals surface area contributed by atoms with Gasteiger partial charge in [-0.1, -0.05) is 11.8 Å². The summed E-state index contributed by atoms with van der Waals surface area (Å²) in [6.07, 6.45) is 1.51. The summed E-state index contributed by atoms with van der Waals surface area (Å²) in [5.41, 5.74) is 4.92. The molecule has 10 nitrogen and oxygen atoms in total. The van der Waals surface area contributed by atoms with E-state index in [-0.39, 0.29) is 40.6 Å². The SMILES string of the molecule is Nc1nc(SCC(=O)NCc2ccco2)[nH]c(=O)c1NC(=O)c1ccc(Br)o1. The molecule has 3 rings (SSSR count). The molecule has 0 aliphatic rings. The fraction of sp³-hybridized carbons (Fsp3) is 0.125. The maximum Gasteiger partial charge on any atom is 0.291 e. The number of nitrogens with zero attached hydrogens (tertiary/aromatic N) is 1. The Kier molecular flexibility index (Phi) is 6.21. The van der Waals surface area contributed by atoms with Crippen LogP contribution < -0.4 is 21.9 Å². The van der Waals surface area contributed by atoms with Gasteiger partial charge >= 0.3 is 0 Å². The normalized spacial score (nSPS) is 10.6. The van der Waals surface area contributed by atoms with Crippen LogP contribution in [0.5, 0.6) is 0 Å². The van der Waals surface area contributed by atoms with Gasteiger partial charge < -0.3 is 25.2 Å². The Labute approximate surface area is 170 Å². The molecule has 3 aromatic heterocycles. The van der Waals surface area contributed by atoms with Gasteiger partial charge in [-0.05, 0) is 40.2 Å². The molecule has 12 heteroatoms. The summed E-state index contributed by atoms with van der Waals surface area (Å²) >= 11 is 4.08. The van der Waals surface area contributed by atoms with Crippen molar-refractivity contribution in [2.24, 2.45) is 0 Å². The van der Waals surface area contributed by atoms with Crippen molar-refractivity contribution in [3.05, 3.63) is 57.1 Å². The lowest BCUT2D eigenvalue weighted by Gasteiger charge is -2.07. The number of nitrogens with one attached hydrogen (secondary N) is 3. The third-order valence-corrected chi connectivity index (χ3v) is 4.64. The zero-order valence-corrected chi connectivity index (χ0v) is 16.6. The van der Waals surface area contributed by atoms with Gasteiger partial charge in [-0.25, -0.2) is 4.98 Å². The third-order valence-electron chi connectivity index (χ3n) is 3.34. The second-order valence-electron chi connectivity index (χ2n) is 5.33. The number of H-pyrrole nitrogens is 1. The largest absolute Gasteiger partial charge is 0.467 e. The maximum absolute atomic E-state index is 12.2. The van der Waals surface area contributed by atoms with E-state index in [2.05, 4.69) is 36.5 Å². The number of nitrogens with two attached hydrogens (primary N) is 1. The Bertz CT molecular complexity index is 1050. The highest BCUT2D eigenvalue weighted by molar-refractivity contribution is 9.10. The summed E-state index contributed by atoms with van der Waals surface area (Å²) in [4.78, 5) is 42.6. The number of thioether (sulfide) groups is 1. The average Bonchev–Trinajstić information content (AvgIpc) is 3.32. The van der Waals surface area contributed by atoms with Crippen LogP contribution in [0.1, 0.15) is 16.3 Å². The summed E-state index contributed by atoms with van der Waals surface area (Å²) in [6, 6.07) is 6.43. The lowest BCUT2D eigenvalue weighted by Crippen LogP contribution is -2.25. The van der Waals surface area contributed by atoms with Crippen molar-refractivity contribution in [3.8, 4) is 0 Å². The van der Waals surface area contributed by atoms with Crippen molar-refractivity contribution in [3.63, 3.8) is 0 Å². The number of halogens is 1. The standard InChI is InChI=1S/C16H14BrN5O5S/c17-10-4-3-9(27-10)14(24)20-12-13(18)21-16(22-15(12)25)28-7-11(23)19-6-8-2-1-5-26-8/h1-5H,6-7H2,(H,19,23)(H,20,24)(H3,18,21,22,25). The molecule has 0 aliphatic carbocycles. The summed E-state index contributed by atoms with van der Waals surface area (Å²) in [7, 11) is 0. The van der Waals surface area contributed by atoms with Crippen LogP contribution in [-0.4, -0.2) is 27.5 Å². The van der Waals surface area contributed by atoms with Crippen molar-refractivity contribution in [1.29, 1.82) is 0 Å². The number of furan rings is 2. The van der Waals surface area contributed by atoms with Crippen molar-refractivity contribution >= 4 is 51.0 Å². The molecule has 2 amide bonds. The molecule has 0 unspecified atom stereocenters. The number of carbonyl (C=O) groups excluding carboxylic acids is 2. The molecule has 0 atom stereocenters. The Morgan fingerprint density at radius 1 is 1.32 bits per heavy atom. The summed E-state index contributed by atoms with van der Waals surface area (Å²) in [5, 5.41) is 5.17. The number of hydrogen-bond acceptors (Lipinski definition) is 8. The van der Waals surface area contributed by atoms with Gasteiger partial charge in [-0.15, -0.1) is 0 Å². The van der Waals surface area contributed by atoms with Gasteiger partial charge in [0, 0.05) is 0 Å². The molecular formula is C16H14BrN5O5S. The van der Waals surface area contributed by atoms with Gasteiger partial charge in [0.25, 0.3) is 11.5 Å². The Hall–Kier alpha value is -2.99. The number of aromatic amines is 1. The van der Waals surface area contributed by atoms with Crippen LogP contribution in [-0.2, 0) is 11.3 Å². The molecule has 146 valence electrons. The fourth-order valence-corrected chi connectivity index (χ4v) is 3.06. The summed E-state index contributed by atoms with van der Waals surface area (Å²) in [5.74, 6) is -0.475. The first-order valence-corrected chi connectivity index (χ1v) is 9.58. The molecule has 0 bridgehead atoms. The van der Waals surface area contributed by atoms with Crippen LogP contribution in [0.25, 0.3) is 0 Å². The third kappa shape index (κ3) is 5.04. The molecule has 0 fully saturated rings. The molecule has 0 aromatic carbocycles. The predicted molar refractivity (Wildman–Crippen MR) is 105 cm³/mol. The Balaban J connectivity index is 1.59. The van der Waals surface area contributed by atoms with Crippen molar-refractivity contribution in [2.75, 3.05) is 16.8 Å². The van der Waals surface area contributed by atoms with Gasteiger partial charge in [-0.3, -0.25) is 19.4 Å². The van der Waals surface area contributed by atoms with Gasteiger partial charge in [0.1, 0.15) is 5.76 Å². The lowest BCUT2D eigenvalue weighted by atomic mass is 10.4. The molecular weight excluding hydrogens is 454 g/mol. The molecule has 5 N–H and O–H groups in total. The number of nitrogen functional groups attached to an aromatic ring is 1. The molecule has 0 spiro atoms. The predicted octanol–water partition coefficient (Wildman–Crippen LogP) is 1.96. The van der Waals surface area contributed by atoms with Crippen molar-refractivity contribution < 1.29 is 18.4 Å². The Morgan fingerprint density at radius 3 is 2.79 bits per heavy atom. The van der Waals surface area contributed by atoms with E-state index in [9.17, 15) is 14.4 Å². The van der Waals surface area contributed by atoms with Crippen LogP contribution in [0.15, 0.2) is 54.0 Å². The maximum atomic E-state index is 12.2. The van der Waals surface area contributed by atoms with E-state index in [0.29, 0.717) is 10.4 Å². The van der Waals surface area contributed by atoms with E-state index in [0.717, 1.165) is 11.8 Å². The quantitative estimate of drug-likeness (QED) is 0.303. The number of anilines is 2. The number of hydrogen-bond donors (Lipinski definition) is 4. The topological polar surface area (TPSA) is 156 Å². The lowest BCUT2D eigenvalue weighted by molar-refractivity contribution is -0.118. The molecule has 0 aliphatic heterocycles. The van der Waals surface area contributed by atoms with E-state index in [1.165, 1.54) is 18.4 Å². The summed E-state index contributed by atoms with van der Waals surface area (Å²) in [6.45, 7) is 0.256. The molecule has 0 radical (unpaired) electrons. The van der Waals surface area contributed by atoms with Crippen molar-refractivity contribution in [1.82, 2.24) is 15.3 Å². The molecule has 0 saturated heterocycles. The monoisotopic (exact) mass is 467 g/mol. The van der Waals surface area contributed by atoms with Crippen LogP contribution in [0.2, 0.25) is 0 Å². The highest BCUT2D eigenvalue weighted by Gasteiger charge is 2.17. The van der Waals surface area contributed by atoms with Crippen molar-refractivity contribution in [2.45, 2.75) is 11.7 Å². The minimum absolute atomic E-state index is 0.00245. The van der Waals surface area contributed by atoms with Gasteiger partial charge in [-0.2, -0.15) is 0 Å². The summed E-state index contributed by atoms with van der Waals surface area (Å²) < 4.78 is 10.6. The number of amides is 2. The average molecular weight is 468 g/mol.